The quantitative estimate of drug-likeness (QED) is 0.712. The Morgan fingerprint density at radius 1 is 1.05 bits per heavy atom. The maximum Gasteiger partial charge on any atom is 0.135 e. The lowest BCUT2D eigenvalue weighted by Gasteiger charge is -2.10. The van der Waals surface area contributed by atoms with Crippen LogP contribution < -0.4 is 11.1 Å². The van der Waals surface area contributed by atoms with Crippen LogP contribution in [0.5, 0.6) is 0 Å². The van der Waals surface area contributed by atoms with Crippen LogP contribution in [0.15, 0.2) is 54.7 Å². The highest BCUT2D eigenvalue weighted by atomic mass is 35.5. The molecule has 3 rings (SSSR count). The summed E-state index contributed by atoms with van der Waals surface area (Å²) in [6.07, 6.45) is 2.70. The number of pyridine rings is 1. The number of halogens is 1. The first-order valence-corrected chi connectivity index (χ1v) is 7.23. The van der Waals surface area contributed by atoms with Crippen LogP contribution in [0.2, 0.25) is 5.02 Å². The van der Waals surface area contributed by atoms with Gasteiger partial charge in [-0.2, -0.15) is 0 Å². The molecule has 0 aliphatic carbocycles. The van der Waals surface area contributed by atoms with Crippen molar-refractivity contribution in [3.63, 3.8) is 0 Å². The molecule has 0 saturated carbocycles. The molecule has 0 aliphatic rings. The number of nitrogens with one attached hydrogen (secondary N) is 1. The summed E-state index contributed by atoms with van der Waals surface area (Å²) in [6.45, 7) is 0.794. The van der Waals surface area contributed by atoms with E-state index < -0.39 is 0 Å². The van der Waals surface area contributed by atoms with E-state index in [1.807, 2.05) is 48.5 Å². The summed E-state index contributed by atoms with van der Waals surface area (Å²) in [5.74, 6) is 0.833. The number of nitrogens with two attached hydrogens (primary N) is 1. The predicted octanol–water partition coefficient (Wildman–Crippen LogP) is 4.13. The van der Waals surface area contributed by atoms with Gasteiger partial charge in [-0.1, -0.05) is 35.9 Å². The van der Waals surface area contributed by atoms with Gasteiger partial charge < -0.3 is 11.1 Å². The average Bonchev–Trinajstić information content (AvgIpc) is 2.50. The maximum absolute atomic E-state index is 6.06. The van der Waals surface area contributed by atoms with Gasteiger partial charge in [-0.3, -0.25) is 0 Å². The summed E-state index contributed by atoms with van der Waals surface area (Å²) >= 11 is 5.88. The van der Waals surface area contributed by atoms with Crippen LogP contribution in [-0.4, -0.2) is 11.5 Å². The van der Waals surface area contributed by atoms with E-state index in [0.29, 0.717) is 0 Å². The summed E-state index contributed by atoms with van der Waals surface area (Å²) in [7, 11) is 0. The molecule has 0 atom stereocenters. The lowest BCUT2D eigenvalue weighted by atomic mass is 10.1. The second kappa shape index (κ2) is 6.02. The average molecular weight is 298 g/mol. The van der Waals surface area contributed by atoms with Gasteiger partial charge >= 0.3 is 0 Å². The fraction of sp³-hybridized carbons (Fsp3) is 0.118. The summed E-state index contributed by atoms with van der Waals surface area (Å²) in [6, 6.07) is 15.7. The van der Waals surface area contributed by atoms with Crippen LogP contribution in [-0.2, 0) is 6.42 Å². The van der Waals surface area contributed by atoms with Crippen molar-refractivity contribution < 1.29 is 0 Å². The molecule has 4 heteroatoms. The van der Waals surface area contributed by atoms with Crippen molar-refractivity contribution in [3.8, 4) is 0 Å². The second-order valence-electron chi connectivity index (χ2n) is 4.91. The molecule has 3 N–H and O–H groups in total. The third kappa shape index (κ3) is 3.09. The number of rotatable bonds is 4. The minimum Gasteiger partial charge on any atom is -0.398 e. The van der Waals surface area contributed by atoms with Gasteiger partial charge in [0.25, 0.3) is 0 Å². The highest BCUT2D eigenvalue weighted by molar-refractivity contribution is 6.30. The van der Waals surface area contributed by atoms with Gasteiger partial charge in [0.15, 0.2) is 0 Å². The Bertz CT molecular complexity index is 748. The SMILES string of the molecule is Nc1cccc2ccnc(NCCc3ccc(Cl)cc3)c12. The molecular weight excluding hydrogens is 282 g/mol. The number of anilines is 2. The zero-order valence-corrected chi connectivity index (χ0v) is 12.3. The van der Waals surface area contributed by atoms with E-state index in [0.717, 1.165) is 40.3 Å². The number of fused-ring (bicyclic) bond motifs is 1. The Morgan fingerprint density at radius 2 is 1.86 bits per heavy atom. The van der Waals surface area contributed by atoms with Crippen LogP contribution in [0.25, 0.3) is 10.8 Å². The van der Waals surface area contributed by atoms with Crippen LogP contribution in [0.4, 0.5) is 11.5 Å². The largest absolute Gasteiger partial charge is 0.398 e. The molecule has 0 bridgehead atoms. The van der Waals surface area contributed by atoms with Crippen LogP contribution >= 0.6 is 11.6 Å². The number of aromatic nitrogens is 1. The Balaban J connectivity index is 1.75. The van der Waals surface area contributed by atoms with Gasteiger partial charge in [0.05, 0.1) is 0 Å². The normalized spacial score (nSPS) is 10.7. The second-order valence-corrected chi connectivity index (χ2v) is 5.34. The van der Waals surface area contributed by atoms with Gasteiger partial charge in [0, 0.05) is 28.8 Å². The lowest BCUT2D eigenvalue weighted by Crippen LogP contribution is -2.07. The number of nitrogen functional groups attached to an aromatic ring is 1. The van der Waals surface area contributed by atoms with Crippen LogP contribution in [0.3, 0.4) is 0 Å². The summed E-state index contributed by atoms with van der Waals surface area (Å²) < 4.78 is 0. The smallest absolute Gasteiger partial charge is 0.135 e. The highest BCUT2D eigenvalue weighted by Gasteiger charge is 2.05. The first-order chi connectivity index (χ1) is 10.2. The molecule has 106 valence electrons. The van der Waals surface area contributed by atoms with Crippen molar-refractivity contribution in [1.29, 1.82) is 0 Å². The zero-order valence-electron chi connectivity index (χ0n) is 11.5. The molecule has 3 aromatic rings. The number of nitrogens with zero attached hydrogens (tertiary/aromatic N) is 1. The van der Waals surface area contributed by atoms with Gasteiger partial charge in [0.2, 0.25) is 0 Å². The van der Waals surface area contributed by atoms with Gasteiger partial charge in [0.1, 0.15) is 5.82 Å². The molecule has 0 fully saturated rings. The fourth-order valence-corrected chi connectivity index (χ4v) is 2.49. The van der Waals surface area contributed by atoms with E-state index >= 15 is 0 Å². The molecule has 0 amide bonds. The number of hydrogen-bond donors (Lipinski definition) is 2. The van der Waals surface area contributed by atoms with Crippen molar-refractivity contribution >= 4 is 33.9 Å². The molecule has 0 spiro atoms. The summed E-state index contributed by atoms with van der Waals surface area (Å²) in [5.41, 5.74) is 8.04. The molecule has 3 nitrogen and oxygen atoms in total. The maximum atomic E-state index is 6.06. The first-order valence-electron chi connectivity index (χ1n) is 6.85. The topological polar surface area (TPSA) is 50.9 Å². The molecular formula is C17H16ClN3. The Hall–Kier alpha value is -2.26. The minimum absolute atomic E-state index is 0.745. The summed E-state index contributed by atoms with van der Waals surface area (Å²) in [4.78, 5) is 4.40. The zero-order chi connectivity index (χ0) is 14.7. The molecule has 0 radical (unpaired) electrons. The van der Waals surface area contributed by atoms with Crippen molar-refractivity contribution in [1.82, 2.24) is 4.98 Å². The van der Waals surface area contributed by atoms with Crippen molar-refractivity contribution in [2.75, 3.05) is 17.6 Å². The van der Waals surface area contributed by atoms with Crippen molar-refractivity contribution in [2.24, 2.45) is 0 Å². The minimum atomic E-state index is 0.745. The van der Waals surface area contributed by atoms with E-state index in [1.54, 1.807) is 6.20 Å². The third-order valence-corrected chi connectivity index (χ3v) is 3.69. The third-order valence-electron chi connectivity index (χ3n) is 3.44. The molecule has 1 heterocycles. The standard InChI is InChI=1S/C17H16ClN3/c18-14-6-4-12(5-7-14)8-10-20-17-16-13(9-11-21-17)2-1-3-15(16)19/h1-7,9,11H,8,10,19H2,(H,20,21). The van der Waals surface area contributed by atoms with Gasteiger partial charge in [-0.25, -0.2) is 4.98 Å². The van der Waals surface area contributed by atoms with E-state index in [1.165, 1.54) is 5.56 Å². The van der Waals surface area contributed by atoms with Gasteiger partial charge in [-0.05, 0) is 41.6 Å². The van der Waals surface area contributed by atoms with Gasteiger partial charge in [-0.15, -0.1) is 0 Å². The van der Waals surface area contributed by atoms with E-state index in [9.17, 15) is 0 Å². The van der Waals surface area contributed by atoms with E-state index in [-0.39, 0.29) is 0 Å². The molecule has 0 unspecified atom stereocenters. The molecule has 1 aromatic heterocycles. The monoisotopic (exact) mass is 297 g/mol. The van der Waals surface area contributed by atoms with Crippen molar-refractivity contribution in [3.05, 3.63) is 65.3 Å². The molecule has 21 heavy (non-hydrogen) atoms. The van der Waals surface area contributed by atoms with Crippen LogP contribution in [0, 0.1) is 0 Å². The van der Waals surface area contributed by atoms with Crippen LogP contribution in [0.1, 0.15) is 5.56 Å². The molecule has 2 aromatic carbocycles. The molecule has 0 saturated heterocycles. The van der Waals surface area contributed by atoms with E-state index in [2.05, 4.69) is 10.3 Å². The van der Waals surface area contributed by atoms with E-state index in [4.69, 9.17) is 17.3 Å². The Morgan fingerprint density at radius 3 is 2.67 bits per heavy atom. The molecule has 0 aliphatic heterocycles. The summed E-state index contributed by atoms with van der Waals surface area (Å²) in [5, 5.41) is 6.21. The predicted molar refractivity (Wildman–Crippen MR) is 89.8 cm³/mol. The van der Waals surface area contributed by atoms with Crippen molar-refractivity contribution in [2.45, 2.75) is 6.42 Å². The number of hydrogen-bond acceptors (Lipinski definition) is 3. The Labute approximate surface area is 128 Å². The number of benzene rings is 2. The highest BCUT2D eigenvalue weighted by Crippen LogP contribution is 2.26. The Kier molecular flexibility index (Phi) is 3.93. The lowest BCUT2D eigenvalue weighted by molar-refractivity contribution is 1.01. The first kappa shape index (κ1) is 13.7. The fourth-order valence-electron chi connectivity index (χ4n) is 2.37.